The van der Waals surface area contributed by atoms with Crippen LogP contribution in [0.15, 0.2) is 48.5 Å². The Morgan fingerprint density at radius 2 is 1.21 bits per heavy atom. The molecule has 0 aliphatic heterocycles. The summed E-state index contributed by atoms with van der Waals surface area (Å²) in [6.45, 7) is 0.0262. The van der Waals surface area contributed by atoms with E-state index < -0.39 is 34.2 Å². The second-order valence-corrected chi connectivity index (χ2v) is 6.20. The van der Waals surface area contributed by atoms with Crippen molar-refractivity contribution in [2.75, 3.05) is 0 Å². The molecule has 0 spiro atoms. The average molecular weight is 403 g/mol. The maximum atomic E-state index is 11.7. The Labute approximate surface area is 164 Å². The molecule has 0 aromatic heterocycles. The predicted octanol–water partition coefficient (Wildman–Crippen LogP) is 2.43. The largest absolute Gasteiger partial charge is 0.481 e. The predicted molar refractivity (Wildman–Crippen MR) is 99.1 cm³/mol. The normalized spacial score (nSPS) is 11.8. The van der Waals surface area contributed by atoms with Crippen molar-refractivity contribution < 1.29 is 29.6 Å². The van der Waals surface area contributed by atoms with Gasteiger partial charge < -0.3 is 10.2 Å². The summed E-state index contributed by atoms with van der Waals surface area (Å²) in [4.78, 5) is 44.6. The molecular formula is C18H17N3O8. The topological polar surface area (TPSA) is 164 Å². The van der Waals surface area contributed by atoms with Gasteiger partial charge >= 0.3 is 11.9 Å². The molecular weight excluding hydrogens is 386 g/mol. The first-order valence-corrected chi connectivity index (χ1v) is 8.32. The summed E-state index contributed by atoms with van der Waals surface area (Å²) in [5.41, 5.74) is 0.843. The molecule has 29 heavy (non-hydrogen) atoms. The zero-order valence-electron chi connectivity index (χ0n) is 15.0. The van der Waals surface area contributed by atoms with Crippen LogP contribution in [0.4, 0.5) is 11.4 Å². The lowest BCUT2D eigenvalue weighted by molar-refractivity contribution is -0.385. The summed E-state index contributed by atoms with van der Waals surface area (Å²) in [7, 11) is 0. The Morgan fingerprint density at radius 3 is 1.48 bits per heavy atom. The number of nitro benzene ring substituents is 2. The van der Waals surface area contributed by atoms with Crippen LogP contribution in [-0.2, 0) is 22.7 Å². The molecule has 0 unspecified atom stereocenters. The van der Waals surface area contributed by atoms with Crippen LogP contribution in [-0.4, -0.2) is 42.9 Å². The van der Waals surface area contributed by atoms with Crippen molar-refractivity contribution in [3.63, 3.8) is 0 Å². The fourth-order valence-corrected chi connectivity index (χ4v) is 2.73. The Kier molecular flexibility index (Phi) is 6.93. The molecule has 0 amide bonds. The summed E-state index contributed by atoms with van der Waals surface area (Å²) in [6.07, 6.45) is -0.657. The van der Waals surface area contributed by atoms with E-state index in [2.05, 4.69) is 0 Å². The Bertz CT molecular complexity index is 852. The van der Waals surface area contributed by atoms with Crippen LogP contribution >= 0.6 is 0 Å². The minimum atomic E-state index is -1.36. The zero-order chi connectivity index (χ0) is 21.6. The SMILES string of the molecule is O=C(O)C[C@@H](C(=O)O)N(Cc1ccc([N+](=O)[O-])cc1)Cc1ccc([N+](=O)[O-])cc1. The number of carbonyl (C=O) groups is 2. The second kappa shape index (κ2) is 9.37. The van der Waals surface area contributed by atoms with Crippen molar-refractivity contribution in [3.8, 4) is 0 Å². The van der Waals surface area contributed by atoms with E-state index in [4.69, 9.17) is 5.11 Å². The van der Waals surface area contributed by atoms with Gasteiger partial charge in [-0.1, -0.05) is 24.3 Å². The van der Waals surface area contributed by atoms with E-state index in [1.807, 2.05) is 0 Å². The van der Waals surface area contributed by atoms with Crippen LogP contribution in [0.25, 0.3) is 0 Å². The molecule has 0 aliphatic carbocycles. The first kappa shape index (κ1) is 21.4. The van der Waals surface area contributed by atoms with Gasteiger partial charge in [0.05, 0.1) is 16.3 Å². The molecule has 0 saturated heterocycles. The van der Waals surface area contributed by atoms with Crippen LogP contribution in [0.1, 0.15) is 17.5 Å². The van der Waals surface area contributed by atoms with E-state index in [1.165, 1.54) is 53.4 Å². The van der Waals surface area contributed by atoms with Gasteiger partial charge in [0.2, 0.25) is 0 Å². The van der Waals surface area contributed by atoms with Gasteiger partial charge in [-0.2, -0.15) is 0 Å². The molecule has 0 bridgehead atoms. The maximum absolute atomic E-state index is 11.7. The number of rotatable bonds is 10. The van der Waals surface area contributed by atoms with E-state index >= 15 is 0 Å². The molecule has 2 aromatic carbocycles. The molecule has 0 fully saturated rings. The summed E-state index contributed by atoms with van der Waals surface area (Å²) < 4.78 is 0. The number of benzene rings is 2. The van der Waals surface area contributed by atoms with E-state index in [1.54, 1.807) is 0 Å². The molecule has 2 rings (SSSR count). The molecule has 0 heterocycles. The third kappa shape index (κ3) is 6.07. The highest BCUT2D eigenvalue weighted by atomic mass is 16.6. The van der Waals surface area contributed by atoms with Crippen molar-refractivity contribution in [1.82, 2.24) is 4.90 Å². The van der Waals surface area contributed by atoms with Crippen LogP contribution in [0, 0.1) is 20.2 Å². The van der Waals surface area contributed by atoms with E-state index in [9.17, 15) is 34.9 Å². The third-order valence-corrected chi connectivity index (χ3v) is 4.16. The standard InChI is InChI=1S/C18H17N3O8/c22-17(23)9-16(18(24)25)19(10-12-1-5-14(6-2-12)20(26)27)11-13-3-7-15(8-4-13)21(28)29/h1-8,16H,9-11H2,(H,22,23)(H,24,25)/t16-/m0/s1. The quantitative estimate of drug-likeness (QED) is 0.447. The lowest BCUT2D eigenvalue weighted by Crippen LogP contribution is -2.41. The molecule has 0 saturated carbocycles. The van der Waals surface area contributed by atoms with Crippen molar-refractivity contribution in [1.29, 1.82) is 0 Å². The van der Waals surface area contributed by atoms with Crippen molar-refractivity contribution in [2.24, 2.45) is 0 Å². The molecule has 0 radical (unpaired) electrons. The fourth-order valence-electron chi connectivity index (χ4n) is 2.73. The highest BCUT2D eigenvalue weighted by molar-refractivity contribution is 5.80. The Hall–Kier alpha value is -3.86. The molecule has 2 aromatic rings. The van der Waals surface area contributed by atoms with Gasteiger partial charge in [0, 0.05) is 37.4 Å². The minimum absolute atomic E-state index is 0.0131. The molecule has 1 atom stereocenters. The monoisotopic (exact) mass is 403 g/mol. The van der Waals surface area contributed by atoms with Crippen LogP contribution in [0.3, 0.4) is 0 Å². The van der Waals surface area contributed by atoms with Crippen LogP contribution in [0.5, 0.6) is 0 Å². The number of nitro groups is 2. The molecule has 11 nitrogen and oxygen atoms in total. The number of aliphatic carboxylic acids is 2. The molecule has 152 valence electrons. The Balaban J connectivity index is 2.30. The lowest BCUT2D eigenvalue weighted by Gasteiger charge is -2.28. The minimum Gasteiger partial charge on any atom is -0.481 e. The van der Waals surface area contributed by atoms with Gasteiger partial charge in [0.25, 0.3) is 11.4 Å². The lowest BCUT2D eigenvalue weighted by atomic mass is 10.1. The first-order valence-electron chi connectivity index (χ1n) is 8.32. The van der Waals surface area contributed by atoms with Gasteiger partial charge in [0.1, 0.15) is 6.04 Å². The maximum Gasteiger partial charge on any atom is 0.321 e. The second-order valence-electron chi connectivity index (χ2n) is 6.20. The summed E-state index contributed by atoms with van der Waals surface area (Å²) in [5, 5.41) is 40.1. The van der Waals surface area contributed by atoms with Gasteiger partial charge in [0.15, 0.2) is 0 Å². The first-order chi connectivity index (χ1) is 13.7. The number of carboxylic acid groups (broad SMARTS) is 2. The summed E-state index contributed by atoms with van der Waals surface area (Å²) >= 11 is 0. The average Bonchev–Trinajstić information content (AvgIpc) is 2.66. The van der Waals surface area contributed by atoms with Gasteiger partial charge in [-0.05, 0) is 11.1 Å². The smallest absolute Gasteiger partial charge is 0.321 e. The number of nitrogens with zero attached hydrogens (tertiary/aromatic N) is 3. The van der Waals surface area contributed by atoms with Crippen molar-refractivity contribution in [2.45, 2.75) is 25.6 Å². The van der Waals surface area contributed by atoms with Gasteiger partial charge in [-0.3, -0.25) is 34.7 Å². The number of hydrogen-bond acceptors (Lipinski definition) is 7. The molecule has 2 N–H and O–H groups in total. The number of hydrogen-bond donors (Lipinski definition) is 2. The van der Waals surface area contributed by atoms with Crippen LogP contribution < -0.4 is 0 Å². The van der Waals surface area contributed by atoms with E-state index in [0.717, 1.165) is 0 Å². The van der Waals surface area contributed by atoms with Crippen LogP contribution in [0.2, 0.25) is 0 Å². The van der Waals surface area contributed by atoms with Crippen molar-refractivity contribution in [3.05, 3.63) is 79.9 Å². The number of non-ortho nitro benzene ring substituents is 2. The summed E-state index contributed by atoms with van der Waals surface area (Å²) in [5.74, 6) is -2.63. The Morgan fingerprint density at radius 1 is 0.828 bits per heavy atom. The van der Waals surface area contributed by atoms with Crippen molar-refractivity contribution >= 4 is 23.3 Å². The van der Waals surface area contributed by atoms with Gasteiger partial charge in [-0.15, -0.1) is 0 Å². The van der Waals surface area contributed by atoms with E-state index in [-0.39, 0.29) is 24.5 Å². The molecule has 11 heteroatoms. The molecule has 0 aliphatic rings. The van der Waals surface area contributed by atoms with Gasteiger partial charge in [-0.25, -0.2) is 0 Å². The third-order valence-electron chi connectivity index (χ3n) is 4.16. The fraction of sp³-hybridized carbons (Fsp3) is 0.222. The number of carboxylic acids is 2. The zero-order valence-corrected chi connectivity index (χ0v) is 15.0. The highest BCUT2D eigenvalue weighted by Gasteiger charge is 2.28. The van der Waals surface area contributed by atoms with E-state index in [0.29, 0.717) is 11.1 Å². The highest BCUT2D eigenvalue weighted by Crippen LogP contribution is 2.20. The summed E-state index contributed by atoms with van der Waals surface area (Å²) in [6, 6.07) is 9.55.